The van der Waals surface area contributed by atoms with E-state index in [1.54, 1.807) is 17.0 Å². The van der Waals surface area contributed by atoms with Crippen molar-refractivity contribution in [2.24, 2.45) is 0 Å². The van der Waals surface area contributed by atoms with Gasteiger partial charge in [-0.05, 0) is 31.2 Å². The van der Waals surface area contributed by atoms with Crippen molar-refractivity contribution in [3.63, 3.8) is 0 Å². The minimum Gasteiger partial charge on any atom is -0.493 e. The average Bonchev–Trinajstić information content (AvgIpc) is 2.55. The molecular formula is C17H18ClNO3. The molecular weight excluding hydrogens is 302 g/mol. The molecule has 0 N–H and O–H groups in total. The van der Waals surface area contributed by atoms with Gasteiger partial charge < -0.3 is 14.4 Å². The van der Waals surface area contributed by atoms with Gasteiger partial charge in [-0.2, -0.15) is 0 Å². The molecule has 1 amide bonds. The minimum absolute atomic E-state index is 0.142. The van der Waals surface area contributed by atoms with E-state index >= 15 is 0 Å². The predicted octanol–water partition coefficient (Wildman–Crippen LogP) is 4.02. The number of ether oxygens (including phenoxy) is 2. The van der Waals surface area contributed by atoms with E-state index in [1.165, 1.54) is 14.2 Å². The number of carbonyl (C=O) groups is 1. The standard InChI is InChI=1S/C17H18ClNO3/c1-4-19(13-8-6-5-7-9-13)17(20)12-10-14(18)16(22-3)15(11-12)21-2/h5-11H,4H2,1-3H3. The summed E-state index contributed by atoms with van der Waals surface area (Å²) < 4.78 is 10.4. The SMILES string of the molecule is CCN(C(=O)c1cc(Cl)c(OC)c(OC)c1)c1ccccc1. The lowest BCUT2D eigenvalue weighted by atomic mass is 10.1. The van der Waals surface area contributed by atoms with E-state index in [0.717, 1.165) is 5.69 Å². The zero-order valence-electron chi connectivity index (χ0n) is 12.8. The molecule has 0 aromatic heterocycles. The summed E-state index contributed by atoms with van der Waals surface area (Å²) in [5.74, 6) is 0.711. The Kier molecular flexibility index (Phi) is 5.28. The summed E-state index contributed by atoms with van der Waals surface area (Å²) in [7, 11) is 3.02. The number of amides is 1. The van der Waals surface area contributed by atoms with Crippen LogP contribution in [0.1, 0.15) is 17.3 Å². The Morgan fingerprint density at radius 3 is 2.36 bits per heavy atom. The smallest absolute Gasteiger partial charge is 0.258 e. The van der Waals surface area contributed by atoms with Gasteiger partial charge in [0.2, 0.25) is 0 Å². The Morgan fingerprint density at radius 2 is 1.82 bits per heavy atom. The van der Waals surface area contributed by atoms with E-state index in [4.69, 9.17) is 21.1 Å². The highest BCUT2D eigenvalue weighted by molar-refractivity contribution is 6.32. The van der Waals surface area contributed by atoms with Gasteiger partial charge in [0, 0.05) is 17.8 Å². The fourth-order valence-electron chi connectivity index (χ4n) is 2.25. The van der Waals surface area contributed by atoms with E-state index in [9.17, 15) is 4.79 Å². The molecule has 0 unspecified atom stereocenters. The lowest BCUT2D eigenvalue weighted by molar-refractivity contribution is 0.0988. The maximum absolute atomic E-state index is 12.8. The van der Waals surface area contributed by atoms with Crippen LogP contribution in [-0.4, -0.2) is 26.7 Å². The molecule has 116 valence electrons. The summed E-state index contributed by atoms with van der Waals surface area (Å²) >= 11 is 6.18. The number of rotatable bonds is 5. The molecule has 4 nitrogen and oxygen atoms in total. The number of para-hydroxylation sites is 1. The molecule has 2 aromatic carbocycles. The second-order valence-corrected chi connectivity index (χ2v) is 4.99. The van der Waals surface area contributed by atoms with Crippen LogP contribution in [0.25, 0.3) is 0 Å². The Hall–Kier alpha value is -2.20. The van der Waals surface area contributed by atoms with Crippen molar-refractivity contribution in [3.8, 4) is 11.5 Å². The van der Waals surface area contributed by atoms with Crippen molar-refractivity contribution in [1.29, 1.82) is 0 Å². The molecule has 0 bridgehead atoms. The largest absolute Gasteiger partial charge is 0.493 e. The molecule has 0 radical (unpaired) electrons. The van der Waals surface area contributed by atoms with Gasteiger partial charge in [-0.1, -0.05) is 29.8 Å². The molecule has 0 spiro atoms. The first kappa shape index (κ1) is 16.2. The van der Waals surface area contributed by atoms with Gasteiger partial charge in [-0.15, -0.1) is 0 Å². The molecule has 5 heteroatoms. The number of hydrogen-bond acceptors (Lipinski definition) is 3. The van der Waals surface area contributed by atoms with Gasteiger partial charge in [0.15, 0.2) is 11.5 Å². The second-order valence-electron chi connectivity index (χ2n) is 4.58. The van der Waals surface area contributed by atoms with Gasteiger partial charge in [0.1, 0.15) is 0 Å². The number of carbonyl (C=O) groups excluding carboxylic acids is 1. The third-order valence-electron chi connectivity index (χ3n) is 3.31. The van der Waals surface area contributed by atoms with Crippen LogP contribution in [0.2, 0.25) is 5.02 Å². The van der Waals surface area contributed by atoms with Crippen molar-refractivity contribution in [2.75, 3.05) is 25.7 Å². The Bertz CT molecular complexity index is 658. The summed E-state index contributed by atoms with van der Waals surface area (Å²) in [6, 6.07) is 12.7. The molecule has 2 rings (SSSR count). The average molecular weight is 320 g/mol. The molecule has 2 aromatic rings. The number of benzene rings is 2. The van der Waals surface area contributed by atoms with Gasteiger partial charge in [-0.25, -0.2) is 0 Å². The van der Waals surface area contributed by atoms with E-state index in [-0.39, 0.29) is 5.91 Å². The number of halogens is 1. The van der Waals surface area contributed by atoms with Crippen molar-refractivity contribution in [3.05, 3.63) is 53.1 Å². The maximum atomic E-state index is 12.8. The summed E-state index contributed by atoms with van der Waals surface area (Å²) in [6.45, 7) is 2.47. The third kappa shape index (κ3) is 3.17. The molecule has 0 heterocycles. The second kappa shape index (κ2) is 7.18. The van der Waals surface area contributed by atoms with Crippen molar-refractivity contribution >= 4 is 23.2 Å². The summed E-state index contributed by atoms with van der Waals surface area (Å²) in [6.07, 6.45) is 0. The summed E-state index contributed by atoms with van der Waals surface area (Å²) in [5.41, 5.74) is 1.29. The first-order valence-electron chi connectivity index (χ1n) is 6.90. The topological polar surface area (TPSA) is 38.8 Å². The van der Waals surface area contributed by atoms with E-state index < -0.39 is 0 Å². The fourth-order valence-corrected chi connectivity index (χ4v) is 2.54. The highest BCUT2D eigenvalue weighted by Crippen LogP contribution is 2.36. The number of anilines is 1. The van der Waals surface area contributed by atoms with Gasteiger partial charge in [0.25, 0.3) is 5.91 Å². The molecule has 0 aliphatic rings. The summed E-state index contributed by atoms with van der Waals surface area (Å²) in [4.78, 5) is 14.4. The number of nitrogens with zero attached hydrogens (tertiary/aromatic N) is 1. The van der Waals surface area contributed by atoms with E-state index in [0.29, 0.717) is 28.6 Å². The first-order chi connectivity index (χ1) is 10.6. The lowest BCUT2D eigenvalue weighted by Crippen LogP contribution is -2.30. The van der Waals surface area contributed by atoms with Crippen LogP contribution in [-0.2, 0) is 0 Å². The third-order valence-corrected chi connectivity index (χ3v) is 3.59. The minimum atomic E-state index is -0.142. The van der Waals surface area contributed by atoms with Crippen LogP contribution in [0.5, 0.6) is 11.5 Å². The zero-order chi connectivity index (χ0) is 16.1. The van der Waals surface area contributed by atoms with Crippen molar-refractivity contribution < 1.29 is 14.3 Å². The van der Waals surface area contributed by atoms with E-state index in [1.807, 2.05) is 37.3 Å². The fraction of sp³-hybridized carbons (Fsp3) is 0.235. The van der Waals surface area contributed by atoms with Gasteiger partial charge >= 0.3 is 0 Å². The van der Waals surface area contributed by atoms with Crippen LogP contribution >= 0.6 is 11.6 Å². The molecule has 0 aliphatic carbocycles. The monoisotopic (exact) mass is 319 g/mol. The Morgan fingerprint density at radius 1 is 1.14 bits per heavy atom. The van der Waals surface area contributed by atoms with Gasteiger partial charge in [0.05, 0.1) is 19.2 Å². The Labute approximate surface area is 135 Å². The molecule has 22 heavy (non-hydrogen) atoms. The Balaban J connectivity index is 2.42. The van der Waals surface area contributed by atoms with Crippen LogP contribution in [0.15, 0.2) is 42.5 Å². The number of hydrogen-bond donors (Lipinski definition) is 0. The maximum Gasteiger partial charge on any atom is 0.258 e. The quantitative estimate of drug-likeness (QED) is 0.835. The molecule has 0 saturated heterocycles. The van der Waals surface area contributed by atoms with Crippen molar-refractivity contribution in [2.45, 2.75) is 6.92 Å². The normalized spacial score (nSPS) is 10.2. The molecule has 0 aliphatic heterocycles. The molecule has 0 atom stereocenters. The van der Waals surface area contributed by atoms with Gasteiger partial charge in [-0.3, -0.25) is 4.79 Å². The molecule has 0 saturated carbocycles. The zero-order valence-corrected chi connectivity index (χ0v) is 13.6. The van der Waals surface area contributed by atoms with Crippen LogP contribution in [0.3, 0.4) is 0 Å². The highest BCUT2D eigenvalue weighted by Gasteiger charge is 2.20. The van der Waals surface area contributed by atoms with E-state index in [2.05, 4.69) is 0 Å². The predicted molar refractivity (Wildman–Crippen MR) is 88.3 cm³/mol. The van der Waals surface area contributed by atoms with Crippen LogP contribution in [0.4, 0.5) is 5.69 Å². The van der Waals surface area contributed by atoms with Crippen LogP contribution in [0, 0.1) is 0 Å². The highest BCUT2D eigenvalue weighted by atomic mass is 35.5. The summed E-state index contributed by atoms with van der Waals surface area (Å²) in [5, 5.41) is 0.342. The number of methoxy groups -OCH3 is 2. The first-order valence-corrected chi connectivity index (χ1v) is 7.28. The van der Waals surface area contributed by atoms with Crippen LogP contribution < -0.4 is 14.4 Å². The molecule has 0 fully saturated rings. The van der Waals surface area contributed by atoms with Crippen molar-refractivity contribution in [1.82, 2.24) is 0 Å². The lowest BCUT2D eigenvalue weighted by Gasteiger charge is -2.22.